The average molecular weight is 384 g/mol. The second-order valence-electron chi connectivity index (χ2n) is 8.77. The van der Waals surface area contributed by atoms with E-state index in [1.807, 2.05) is 0 Å². The SMILES string of the molecule is O=C(CCc1nc(-c2ccco2)no1)OCC(=O)C12CC3CC(CC(C3)C1)C2. The summed E-state index contributed by atoms with van der Waals surface area (Å²) in [6, 6.07) is 3.47. The van der Waals surface area contributed by atoms with E-state index in [0.29, 0.717) is 35.2 Å². The lowest BCUT2D eigenvalue weighted by Crippen LogP contribution is -2.51. The van der Waals surface area contributed by atoms with Gasteiger partial charge in [-0.25, -0.2) is 0 Å². The molecular formula is C21H24N2O5. The fourth-order valence-corrected chi connectivity index (χ4v) is 5.89. The van der Waals surface area contributed by atoms with E-state index in [9.17, 15) is 9.59 Å². The molecule has 0 saturated heterocycles. The molecule has 7 heteroatoms. The molecule has 0 unspecified atom stereocenters. The van der Waals surface area contributed by atoms with Crippen molar-refractivity contribution in [3.05, 3.63) is 24.3 Å². The number of carbonyl (C=O) groups is 2. The van der Waals surface area contributed by atoms with Gasteiger partial charge in [0.25, 0.3) is 0 Å². The predicted octanol–water partition coefficient (Wildman–Crippen LogP) is 3.59. The Morgan fingerprint density at radius 1 is 1.14 bits per heavy atom. The summed E-state index contributed by atoms with van der Waals surface area (Å²) in [5.74, 6) is 3.03. The topological polar surface area (TPSA) is 95.4 Å². The second-order valence-corrected chi connectivity index (χ2v) is 8.77. The van der Waals surface area contributed by atoms with E-state index in [1.54, 1.807) is 12.1 Å². The lowest BCUT2D eigenvalue weighted by Gasteiger charge is -2.55. The lowest BCUT2D eigenvalue weighted by atomic mass is 9.48. The van der Waals surface area contributed by atoms with Crippen LogP contribution in [-0.4, -0.2) is 28.5 Å². The maximum atomic E-state index is 12.9. The van der Waals surface area contributed by atoms with Gasteiger partial charge in [-0.05, 0) is 68.4 Å². The highest BCUT2D eigenvalue weighted by Gasteiger charge is 2.54. The number of aromatic nitrogens is 2. The van der Waals surface area contributed by atoms with Crippen LogP contribution < -0.4 is 0 Å². The van der Waals surface area contributed by atoms with Crippen LogP contribution in [0.15, 0.2) is 27.3 Å². The van der Waals surface area contributed by atoms with Crippen molar-refractivity contribution in [2.24, 2.45) is 23.2 Å². The van der Waals surface area contributed by atoms with E-state index in [2.05, 4.69) is 10.1 Å². The second kappa shape index (κ2) is 6.87. The minimum absolute atomic E-state index is 0.105. The van der Waals surface area contributed by atoms with Gasteiger partial charge in [0.2, 0.25) is 11.7 Å². The summed E-state index contributed by atoms with van der Waals surface area (Å²) < 4.78 is 15.6. The van der Waals surface area contributed by atoms with Crippen LogP contribution in [0.3, 0.4) is 0 Å². The first kappa shape index (κ1) is 17.6. The van der Waals surface area contributed by atoms with Crippen molar-refractivity contribution in [3.8, 4) is 11.6 Å². The van der Waals surface area contributed by atoms with E-state index in [0.717, 1.165) is 19.3 Å². The van der Waals surface area contributed by atoms with Crippen LogP contribution in [0.1, 0.15) is 50.8 Å². The number of furan rings is 1. The Labute approximate surface area is 162 Å². The highest BCUT2D eigenvalue weighted by Crippen LogP contribution is 2.60. The summed E-state index contributed by atoms with van der Waals surface area (Å²) in [7, 11) is 0. The van der Waals surface area contributed by atoms with Crippen molar-refractivity contribution in [2.75, 3.05) is 6.61 Å². The number of hydrogen-bond donors (Lipinski definition) is 0. The zero-order valence-electron chi connectivity index (χ0n) is 15.8. The molecule has 148 valence electrons. The van der Waals surface area contributed by atoms with Crippen LogP contribution in [0.25, 0.3) is 11.6 Å². The number of carbonyl (C=O) groups excluding carboxylic acids is 2. The summed E-state index contributed by atoms with van der Waals surface area (Å²) in [6.07, 6.45) is 8.76. The molecular weight excluding hydrogens is 360 g/mol. The van der Waals surface area contributed by atoms with Gasteiger partial charge >= 0.3 is 5.97 Å². The highest BCUT2D eigenvalue weighted by molar-refractivity contribution is 5.88. The number of nitrogens with zero attached hydrogens (tertiary/aromatic N) is 2. The predicted molar refractivity (Wildman–Crippen MR) is 96.9 cm³/mol. The third-order valence-electron chi connectivity index (χ3n) is 6.75. The minimum Gasteiger partial charge on any atom is -0.461 e. The summed E-state index contributed by atoms with van der Waals surface area (Å²) in [4.78, 5) is 29.2. The Kier molecular flexibility index (Phi) is 4.33. The summed E-state index contributed by atoms with van der Waals surface area (Å²) in [5.41, 5.74) is -0.223. The lowest BCUT2D eigenvalue weighted by molar-refractivity contribution is -0.157. The molecule has 0 aromatic carbocycles. The smallest absolute Gasteiger partial charge is 0.306 e. The number of ketones is 1. The van der Waals surface area contributed by atoms with Gasteiger partial charge < -0.3 is 13.7 Å². The largest absolute Gasteiger partial charge is 0.461 e. The van der Waals surface area contributed by atoms with Crippen LogP contribution in [0, 0.1) is 23.2 Å². The fourth-order valence-electron chi connectivity index (χ4n) is 5.89. The van der Waals surface area contributed by atoms with Crippen molar-refractivity contribution in [2.45, 2.75) is 51.4 Å². The molecule has 0 N–H and O–H groups in total. The van der Waals surface area contributed by atoms with Crippen molar-refractivity contribution >= 4 is 11.8 Å². The molecule has 0 aliphatic heterocycles. The molecule has 2 aromatic heterocycles. The van der Waals surface area contributed by atoms with Gasteiger partial charge in [-0.15, -0.1) is 0 Å². The molecule has 4 fully saturated rings. The molecule has 2 heterocycles. The molecule has 0 spiro atoms. The van der Waals surface area contributed by atoms with Gasteiger partial charge in [0.1, 0.15) is 0 Å². The van der Waals surface area contributed by atoms with Crippen LogP contribution in [-0.2, 0) is 20.7 Å². The maximum Gasteiger partial charge on any atom is 0.306 e. The molecule has 7 nitrogen and oxygen atoms in total. The molecule has 28 heavy (non-hydrogen) atoms. The van der Waals surface area contributed by atoms with Crippen LogP contribution in [0.4, 0.5) is 0 Å². The van der Waals surface area contributed by atoms with Crippen molar-refractivity contribution in [3.63, 3.8) is 0 Å². The first-order chi connectivity index (χ1) is 13.6. The van der Waals surface area contributed by atoms with Crippen molar-refractivity contribution in [1.82, 2.24) is 10.1 Å². The van der Waals surface area contributed by atoms with Crippen molar-refractivity contribution < 1.29 is 23.3 Å². The van der Waals surface area contributed by atoms with E-state index < -0.39 is 5.97 Å². The first-order valence-electron chi connectivity index (χ1n) is 10.1. The Morgan fingerprint density at radius 2 is 1.86 bits per heavy atom. The van der Waals surface area contributed by atoms with Crippen LogP contribution in [0.2, 0.25) is 0 Å². The molecule has 0 radical (unpaired) electrons. The Hall–Kier alpha value is -2.44. The first-order valence-corrected chi connectivity index (χ1v) is 10.1. The normalized spacial score (nSPS) is 30.5. The van der Waals surface area contributed by atoms with Gasteiger partial charge in [0.05, 0.1) is 12.7 Å². The quantitative estimate of drug-likeness (QED) is 0.673. The van der Waals surface area contributed by atoms with Gasteiger partial charge in [0, 0.05) is 11.8 Å². The Morgan fingerprint density at radius 3 is 2.50 bits per heavy atom. The van der Waals surface area contributed by atoms with E-state index >= 15 is 0 Å². The average Bonchev–Trinajstić information content (AvgIpc) is 3.34. The molecule has 4 saturated carbocycles. The molecule has 0 amide bonds. The van der Waals surface area contributed by atoms with Gasteiger partial charge in [-0.1, -0.05) is 5.16 Å². The molecule has 4 aliphatic rings. The third kappa shape index (κ3) is 3.27. The van der Waals surface area contributed by atoms with E-state index in [1.165, 1.54) is 25.5 Å². The monoisotopic (exact) mass is 384 g/mol. The Balaban J connectivity index is 1.11. The zero-order chi connectivity index (χ0) is 19.1. The molecule has 4 bridgehead atoms. The summed E-state index contributed by atoms with van der Waals surface area (Å²) >= 11 is 0. The summed E-state index contributed by atoms with van der Waals surface area (Å²) in [5, 5.41) is 3.83. The number of ether oxygens (including phenoxy) is 1. The molecule has 6 rings (SSSR count). The molecule has 4 aliphatic carbocycles. The van der Waals surface area contributed by atoms with Gasteiger partial charge in [-0.2, -0.15) is 4.98 Å². The zero-order valence-corrected chi connectivity index (χ0v) is 15.8. The number of aryl methyl sites for hydroxylation is 1. The minimum atomic E-state index is -0.407. The fraction of sp³-hybridized carbons (Fsp3) is 0.619. The van der Waals surface area contributed by atoms with Crippen LogP contribution in [0.5, 0.6) is 0 Å². The van der Waals surface area contributed by atoms with E-state index in [4.69, 9.17) is 13.7 Å². The summed E-state index contributed by atoms with van der Waals surface area (Å²) in [6.45, 7) is -0.105. The third-order valence-corrected chi connectivity index (χ3v) is 6.75. The van der Waals surface area contributed by atoms with Crippen LogP contribution >= 0.6 is 0 Å². The number of Topliss-reactive ketones (excluding diaryl/α,β-unsaturated/α-hetero) is 1. The highest BCUT2D eigenvalue weighted by atomic mass is 16.5. The number of hydrogen-bond acceptors (Lipinski definition) is 7. The van der Waals surface area contributed by atoms with E-state index in [-0.39, 0.29) is 30.6 Å². The number of esters is 1. The standard InChI is InChI=1S/C21H24N2O5/c24-17(21-9-13-6-14(10-21)8-15(7-13)11-21)12-27-19(25)4-3-18-22-20(23-28-18)16-2-1-5-26-16/h1-2,5,13-15H,3-4,6-12H2. The maximum absolute atomic E-state index is 12.9. The van der Waals surface area contributed by atoms with Crippen molar-refractivity contribution in [1.29, 1.82) is 0 Å². The molecule has 2 aromatic rings. The number of rotatable bonds is 7. The van der Waals surface area contributed by atoms with Gasteiger partial charge in [-0.3, -0.25) is 9.59 Å². The Bertz CT molecular complexity index is 834. The molecule has 0 atom stereocenters. The van der Waals surface area contributed by atoms with Gasteiger partial charge in [0.15, 0.2) is 18.2 Å².